The van der Waals surface area contributed by atoms with E-state index in [0.29, 0.717) is 13.2 Å². The summed E-state index contributed by atoms with van der Waals surface area (Å²) in [6, 6.07) is 0. The lowest BCUT2D eigenvalue weighted by molar-refractivity contribution is 0.0366. The summed E-state index contributed by atoms with van der Waals surface area (Å²) in [6.07, 6.45) is 0.0439. The maximum atomic E-state index is 5.45. The van der Waals surface area contributed by atoms with Crippen LogP contribution >= 0.6 is 11.3 Å². The van der Waals surface area contributed by atoms with Crippen molar-refractivity contribution in [2.75, 3.05) is 20.3 Å². The number of rotatable bonds is 1. The van der Waals surface area contributed by atoms with E-state index < -0.39 is 0 Å². The fourth-order valence-electron chi connectivity index (χ4n) is 1.03. The summed E-state index contributed by atoms with van der Waals surface area (Å²) in [5.74, 6) is 1.67. The normalized spacial score (nSPS) is 17.4. The van der Waals surface area contributed by atoms with Gasteiger partial charge in [-0.2, -0.15) is 0 Å². The second-order valence-corrected chi connectivity index (χ2v) is 3.32. The van der Waals surface area contributed by atoms with Crippen LogP contribution in [0.1, 0.15) is 0 Å². The van der Waals surface area contributed by atoms with Crippen LogP contribution in [0, 0.1) is 0 Å². The van der Waals surface area contributed by atoms with Crippen molar-refractivity contribution in [3.05, 3.63) is 10.8 Å². The van der Waals surface area contributed by atoms with Gasteiger partial charge in [-0.3, -0.25) is 0 Å². The summed E-state index contributed by atoms with van der Waals surface area (Å²) in [5, 5.41) is 3.88. The van der Waals surface area contributed by atoms with Gasteiger partial charge in [0, 0.05) is 17.9 Å². The van der Waals surface area contributed by atoms with Gasteiger partial charge in [-0.25, -0.2) is 0 Å². The first-order valence-corrected chi connectivity index (χ1v) is 4.69. The highest BCUT2D eigenvalue weighted by atomic mass is 32.1. The van der Waals surface area contributed by atoms with Gasteiger partial charge in [0.05, 0.1) is 0 Å². The molecule has 66 valence electrons. The number of methoxy groups -OCH3 is 1. The molecule has 0 radical (unpaired) electrons. The molecule has 4 heteroatoms. The Morgan fingerprint density at radius 3 is 2.42 bits per heavy atom. The van der Waals surface area contributed by atoms with Crippen LogP contribution in [0.15, 0.2) is 10.8 Å². The topological polar surface area (TPSA) is 27.7 Å². The predicted octanol–water partition coefficient (Wildman–Crippen LogP) is 1.53. The molecule has 0 atom stereocenters. The zero-order valence-corrected chi connectivity index (χ0v) is 7.60. The Hall–Kier alpha value is -0.740. The summed E-state index contributed by atoms with van der Waals surface area (Å²) >= 11 is 1.58. The van der Waals surface area contributed by atoms with Crippen LogP contribution in [0.2, 0.25) is 0 Å². The molecule has 2 heterocycles. The van der Waals surface area contributed by atoms with Crippen LogP contribution in [0.5, 0.6) is 11.5 Å². The molecule has 0 fully saturated rings. The Morgan fingerprint density at radius 2 is 1.92 bits per heavy atom. The molecule has 0 bridgehead atoms. The summed E-state index contributed by atoms with van der Waals surface area (Å²) in [7, 11) is 1.66. The van der Waals surface area contributed by atoms with Crippen molar-refractivity contribution in [2.24, 2.45) is 0 Å². The maximum absolute atomic E-state index is 5.45. The van der Waals surface area contributed by atoms with Crippen molar-refractivity contribution in [3.63, 3.8) is 0 Å². The van der Waals surface area contributed by atoms with Crippen molar-refractivity contribution >= 4 is 11.3 Å². The van der Waals surface area contributed by atoms with E-state index in [-0.39, 0.29) is 6.10 Å². The smallest absolute Gasteiger partial charge is 0.172 e. The molecule has 0 N–H and O–H groups in total. The molecule has 1 aromatic heterocycles. The fraction of sp³-hybridized carbons (Fsp3) is 0.500. The van der Waals surface area contributed by atoms with Gasteiger partial charge < -0.3 is 14.2 Å². The van der Waals surface area contributed by atoms with E-state index in [4.69, 9.17) is 14.2 Å². The zero-order chi connectivity index (χ0) is 8.39. The van der Waals surface area contributed by atoms with Gasteiger partial charge in [0.15, 0.2) is 11.5 Å². The average Bonchev–Trinajstić information content (AvgIpc) is 2.46. The average molecular weight is 186 g/mol. The van der Waals surface area contributed by atoms with E-state index in [1.807, 2.05) is 10.8 Å². The van der Waals surface area contributed by atoms with Crippen molar-refractivity contribution in [3.8, 4) is 11.5 Å². The Kier molecular flexibility index (Phi) is 2.19. The molecule has 1 aliphatic rings. The van der Waals surface area contributed by atoms with Crippen LogP contribution in [0.3, 0.4) is 0 Å². The third-order valence-corrected chi connectivity index (χ3v) is 2.48. The first-order chi connectivity index (χ1) is 5.90. The zero-order valence-electron chi connectivity index (χ0n) is 6.78. The second-order valence-electron chi connectivity index (χ2n) is 2.58. The lowest BCUT2D eigenvalue weighted by atomic mass is 10.4. The predicted molar refractivity (Wildman–Crippen MR) is 46.1 cm³/mol. The molecule has 2 rings (SSSR count). The number of ether oxygens (including phenoxy) is 3. The van der Waals surface area contributed by atoms with Crippen LogP contribution in [-0.2, 0) is 4.74 Å². The minimum Gasteiger partial charge on any atom is -0.486 e. The molecule has 0 saturated heterocycles. The quantitative estimate of drug-likeness (QED) is 0.665. The molecule has 0 spiro atoms. The molecule has 0 saturated carbocycles. The van der Waals surface area contributed by atoms with Crippen molar-refractivity contribution in [1.82, 2.24) is 0 Å². The third kappa shape index (κ3) is 1.40. The fourth-order valence-corrected chi connectivity index (χ4v) is 1.72. The molecule has 0 unspecified atom stereocenters. The maximum Gasteiger partial charge on any atom is 0.172 e. The van der Waals surface area contributed by atoms with E-state index in [2.05, 4.69) is 0 Å². The Balaban J connectivity index is 2.10. The van der Waals surface area contributed by atoms with Crippen molar-refractivity contribution in [1.29, 1.82) is 0 Å². The van der Waals surface area contributed by atoms with Gasteiger partial charge in [0.2, 0.25) is 0 Å². The van der Waals surface area contributed by atoms with Crippen molar-refractivity contribution in [2.45, 2.75) is 6.10 Å². The van der Waals surface area contributed by atoms with Gasteiger partial charge in [0.25, 0.3) is 0 Å². The van der Waals surface area contributed by atoms with Gasteiger partial charge in [-0.15, -0.1) is 11.3 Å². The van der Waals surface area contributed by atoms with Gasteiger partial charge >= 0.3 is 0 Å². The highest BCUT2D eigenvalue weighted by molar-refractivity contribution is 7.08. The molecule has 0 aliphatic carbocycles. The van der Waals surface area contributed by atoms with Crippen molar-refractivity contribution < 1.29 is 14.2 Å². The molecule has 1 aliphatic heterocycles. The van der Waals surface area contributed by atoms with Crippen LogP contribution in [0.4, 0.5) is 0 Å². The van der Waals surface area contributed by atoms with Gasteiger partial charge in [0.1, 0.15) is 19.3 Å². The van der Waals surface area contributed by atoms with Crippen LogP contribution in [0.25, 0.3) is 0 Å². The molecular weight excluding hydrogens is 176 g/mol. The SMILES string of the molecule is COC1COc2cscc2OC1. The first-order valence-electron chi connectivity index (χ1n) is 3.74. The molecule has 3 nitrogen and oxygen atoms in total. The van der Waals surface area contributed by atoms with E-state index in [1.54, 1.807) is 18.4 Å². The lowest BCUT2D eigenvalue weighted by Gasteiger charge is -2.10. The Bertz CT molecular complexity index is 236. The van der Waals surface area contributed by atoms with Crippen LogP contribution < -0.4 is 9.47 Å². The third-order valence-electron chi connectivity index (χ3n) is 1.78. The summed E-state index contributed by atoms with van der Waals surface area (Å²) in [6.45, 7) is 1.14. The lowest BCUT2D eigenvalue weighted by Crippen LogP contribution is -2.24. The number of fused-ring (bicyclic) bond motifs is 1. The number of hydrogen-bond acceptors (Lipinski definition) is 4. The molecule has 12 heavy (non-hydrogen) atoms. The van der Waals surface area contributed by atoms with Crippen LogP contribution in [-0.4, -0.2) is 26.4 Å². The summed E-state index contributed by atoms with van der Waals surface area (Å²) < 4.78 is 16.0. The summed E-state index contributed by atoms with van der Waals surface area (Å²) in [4.78, 5) is 0. The molecule has 1 aromatic rings. The molecular formula is C8H10O3S. The second kappa shape index (κ2) is 3.33. The minimum absolute atomic E-state index is 0.0439. The molecule has 0 amide bonds. The van der Waals surface area contributed by atoms with E-state index in [0.717, 1.165) is 11.5 Å². The van der Waals surface area contributed by atoms with Gasteiger partial charge in [-0.05, 0) is 0 Å². The largest absolute Gasteiger partial charge is 0.486 e. The number of thiophene rings is 1. The monoisotopic (exact) mass is 186 g/mol. The summed E-state index contributed by atoms with van der Waals surface area (Å²) in [5.41, 5.74) is 0. The first kappa shape index (κ1) is 7.89. The Morgan fingerprint density at radius 1 is 1.33 bits per heavy atom. The highest BCUT2D eigenvalue weighted by Gasteiger charge is 2.17. The minimum atomic E-state index is 0.0439. The standard InChI is InChI=1S/C8H10O3S/c1-9-6-2-10-7-4-12-5-8(7)11-3-6/h4-6H,2-3H2,1H3. The highest BCUT2D eigenvalue weighted by Crippen LogP contribution is 2.33. The van der Waals surface area contributed by atoms with E-state index >= 15 is 0 Å². The van der Waals surface area contributed by atoms with Gasteiger partial charge in [-0.1, -0.05) is 0 Å². The Labute approximate surface area is 74.9 Å². The number of hydrogen-bond donors (Lipinski definition) is 0. The van der Waals surface area contributed by atoms with E-state index in [1.165, 1.54) is 0 Å². The molecule has 0 aromatic carbocycles. The van der Waals surface area contributed by atoms with E-state index in [9.17, 15) is 0 Å².